The minimum atomic E-state index is -3.54. The first-order chi connectivity index (χ1) is 11.9. The van der Waals surface area contributed by atoms with Crippen LogP contribution in [-0.2, 0) is 21.2 Å². The summed E-state index contributed by atoms with van der Waals surface area (Å²) in [6, 6.07) is 10.5. The summed E-state index contributed by atoms with van der Waals surface area (Å²) < 4.78 is 27.2. The Morgan fingerprint density at radius 1 is 1.28 bits per heavy atom. The summed E-state index contributed by atoms with van der Waals surface area (Å²) in [4.78, 5) is 14.2. The number of nitrogens with one attached hydrogen (secondary N) is 1. The van der Waals surface area contributed by atoms with Gasteiger partial charge in [-0.05, 0) is 54.8 Å². The van der Waals surface area contributed by atoms with Gasteiger partial charge in [-0.2, -0.15) is 0 Å². The van der Waals surface area contributed by atoms with Crippen LogP contribution in [-0.4, -0.2) is 32.3 Å². The number of benzene rings is 1. The number of nitrogens with zero attached hydrogens (tertiary/aromatic N) is 1. The minimum Gasteiger partial charge on any atom is -0.342 e. The van der Waals surface area contributed by atoms with Crippen molar-refractivity contribution in [1.82, 2.24) is 4.90 Å². The number of carbonyl (C=O) groups is 1. The lowest BCUT2D eigenvalue weighted by Gasteiger charge is -2.25. The quantitative estimate of drug-likeness (QED) is 0.803. The van der Waals surface area contributed by atoms with E-state index in [1.807, 2.05) is 11.9 Å². The van der Waals surface area contributed by atoms with Crippen LogP contribution in [0.25, 0.3) is 0 Å². The summed E-state index contributed by atoms with van der Waals surface area (Å²) in [5, 5.41) is 1.72. The fraction of sp³-hybridized carbons (Fsp3) is 0.389. The molecule has 1 saturated carbocycles. The van der Waals surface area contributed by atoms with Gasteiger partial charge in [0.2, 0.25) is 5.91 Å². The van der Waals surface area contributed by atoms with E-state index in [-0.39, 0.29) is 16.2 Å². The normalized spacial score (nSPS) is 15.6. The first-order valence-corrected chi connectivity index (χ1v) is 10.6. The van der Waals surface area contributed by atoms with Crippen molar-refractivity contribution < 1.29 is 13.2 Å². The number of thiophene rings is 1. The Morgan fingerprint density at radius 3 is 2.52 bits per heavy atom. The maximum atomic E-state index is 12.4. The Labute approximate surface area is 152 Å². The number of hydrogen-bond donors (Lipinski definition) is 1. The first-order valence-electron chi connectivity index (χ1n) is 8.28. The summed E-state index contributed by atoms with van der Waals surface area (Å²) in [5.41, 5.74) is 1.36. The molecule has 0 saturated heterocycles. The highest BCUT2D eigenvalue weighted by Crippen LogP contribution is 2.34. The van der Waals surface area contributed by atoms with Gasteiger partial charge >= 0.3 is 0 Å². The predicted molar refractivity (Wildman–Crippen MR) is 100 cm³/mol. The molecule has 5 nitrogen and oxygen atoms in total. The van der Waals surface area contributed by atoms with Gasteiger partial charge in [-0.1, -0.05) is 18.2 Å². The van der Waals surface area contributed by atoms with E-state index < -0.39 is 10.0 Å². The molecule has 1 aliphatic carbocycles. The smallest absolute Gasteiger partial charge is 0.271 e. The van der Waals surface area contributed by atoms with Gasteiger partial charge in [0.1, 0.15) is 4.21 Å². The lowest BCUT2D eigenvalue weighted by atomic mass is 10.1. The largest absolute Gasteiger partial charge is 0.342 e. The fourth-order valence-electron chi connectivity index (χ4n) is 2.73. The third kappa shape index (κ3) is 4.41. The van der Waals surface area contributed by atoms with Crippen LogP contribution in [0.3, 0.4) is 0 Å². The summed E-state index contributed by atoms with van der Waals surface area (Å²) in [6.07, 6.45) is 2.74. The molecule has 1 aliphatic rings. The number of anilines is 1. The molecule has 0 radical (unpaired) electrons. The van der Waals surface area contributed by atoms with E-state index in [0.29, 0.717) is 18.0 Å². The van der Waals surface area contributed by atoms with Gasteiger partial charge in [-0.15, -0.1) is 11.3 Å². The zero-order valence-corrected chi connectivity index (χ0v) is 15.9. The third-order valence-corrected chi connectivity index (χ3v) is 7.41. The van der Waals surface area contributed by atoms with Crippen molar-refractivity contribution in [2.24, 2.45) is 5.92 Å². The average molecular weight is 379 g/mol. The molecule has 1 fully saturated rings. The molecule has 7 heteroatoms. The Balaban J connectivity index is 1.61. The minimum absolute atomic E-state index is 0.0892. The summed E-state index contributed by atoms with van der Waals surface area (Å²) in [5.74, 6) is 0.731. The van der Waals surface area contributed by atoms with Gasteiger partial charge in [0.15, 0.2) is 0 Å². The van der Waals surface area contributed by atoms with E-state index in [1.165, 1.54) is 24.2 Å². The highest BCUT2D eigenvalue weighted by Gasteiger charge is 2.32. The van der Waals surface area contributed by atoms with Crippen LogP contribution >= 0.6 is 11.3 Å². The molecule has 1 amide bonds. The van der Waals surface area contributed by atoms with Crippen LogP contribution in [0.5, 0.6) is 0 Å². The van der Waals surface area contributed by atoms with Gasteiger partial charge in [0.25, 0.3) is 10.0 Å². The van der Waals surface area contributed by atoms with Crippen LogP contribution in [0.1, 0.15) is 25.3 Å². The van der Waals surface area contributed by atoms with Crippen LogP contribution in [0.4, 0.5) is 5.69 Å². The molecule has 25 heavy (non-hydrogen) atoms. The number of amides is 1. The van der Waals surface area contributed by atoms with Crippen molar-refractivity contribution in [3.63, 3.8) is 0 Å². The van der Waals surface area contributed by atoms with Crippen LogP contribution in [0.2, 0.25) is 0 Å². The number of carbonyl (C=O) groups excluding carboxylic acids is 1. The Bertz CT molecular complexity index is 826. The highest BCUT2D eigenvalue weighted by molar-refractivity contribution is 7.94. The molecule has 0 spiro atoms. The molecular weight excluding hydrogens is 356 g/mol. The Kier molecular flexibility index (Phi) is 5.15. The maximum absolute atomic E-state index is 12.4. The van der Waals surface area contributed by atoms with Crippen LogP contribution in [0.15, 0.2) is 46.0 Å². The standard InChI is InChI=1S/C18H22N2O3S2/c1-13(15-7-8-15)20(2)17(21)12-14-5-9-16(10-6-14)19-25(22,23)18-4-3-11-24-18/h3-6,9-11,13,15,19H,7-8,12H2,1-2H3. The van der Waals surface area contributed by atoms with Crippen LogP contribution in [0, 0.1) is 5.92 Å². The van der Waals surface area contributed by atoms with E-state index >= 15 is 0 Å². The second kappa shape index (κ2) is 7.17. The second-order valence-corrected chi connectivity index (χ2v) is 9.35. The number of likely N-dealkylation sites (N-methyl/N-ethyl adjacent to an activating group) is 1. The van der Waals surface area contributed by atoms with Crippen molar-refractivity contribution in [3.05, 3.63) is 47.3 Å². The first kappa shape index (κ1) is 17.9. The molecule has 134 valence electrons. The number of sulfonamides is 1. The maximum Gasteiger partial charge on any atom is 0.271 e. The van der Waals surface area contributed by atoms with Crippen molar-refractivity contribution in [3.8, 4) is 0 Å². The van der Waals surface area contributed by atoms with Gasteiger partial charge in [0, 0.05) is 18.8 Å². The third-order valence-electron chi connectivity index (χ3n) is 4.63. The molecule has 1 unspecified atom stereocenters. The molecule has 1 heterocycles. The molecular formula is C18H22N2O3S2. The van der Waals surface area contributed by atoms with E-state index in [9.17, 15) is 13.2 Å². The van der Waals surface area contributed by atoms with E-state index in [0.717, 1.165) is 5.56 Å². The predicted octanol–water partition coefficient (Wildman–Crippen LogP) is 3.35. The summed E-state index contributed by atoms with van der Waals surface area (Å²) in [7, 11) is -1.68. The van der Waals surface area contributed by atoms with Crippen LogP contribution < -0.4 is 4.72 Å². The lowest BCUT2D eigenvalue weighted by Crippen LogP contribution is -2.37. The lowest BCUT2D eigenvalue weighted by molar-refractivity contribution is -0.131. The molecule has 0 aliphatic heterocycles. The van der Waals surface area contributed by atoms with Gasteiger partial charge in [-0.25, -0.2) is 8.42 Å². The van der Waals surface area contributed by atoms with Gasteiger partial charge in [0.05, 0.1) is 6.42 Å². The van der Waals surface area contributed by atoms with E-state index in [1.54, 1.807) is 41.8 Å². The van der Waals surface area contributed by atoms with Crippen molar-refractivity contribution in [1.29, 1.82) is 0 Å². The molecule has 0 bridgehead atoms. The molecule has 3 rings (SSSR count). The van der Waals surface area contributed by atoms with Gasteiger partial charge in [-0.3, -0.25) is 9.52 Å². The second-order valence-electron chi connectivity index (χ2n) is 6.49. The molecule has 2 aromatic rings. The van der Waals surface area contributed by atoms with Crippen molar-refractivity contribution >= 4 is 33.0 Å². The summed E-state index contributed by atoms with van der Waals surface area (Å²) >= 11 is 1.17. The molecule has 1 aromatic carbocycles. The number of hydrogen-bond acceptors (Lipinski definition) is 4. The molecule has 1 N–H and O–H groups in total. The Morgan fingerprint density at radius 2 is 1.96 bits per heavy atom. The Hall–Kier alpha value is -1.86. The zero-order chi connectivity index (χ0) is 18.0. The van der Waals surface area contributed by atoms with Crippen molar-refractivity contribution in [2.75, 3.05) is 11.8 Å². The van der Waals surface area contributed by atoms with Gasteiger partial charge < -0.3 is 4.90 Å². The van der Waals surface area contributed by atoms with E-state index in [2.05, 4.69) is 11.6 Å². The molecule has 1 aromatic heterocycles. The highest BCUT2D eigenvalue weighted by atomic mass is 32.2. The number of rotatable bonds is 7. The average Bonchev–Trinajstić information content (AvgIpc) is 3.27. The van der Waals surface area contributed by atoms with Crippen molar-refractivity contribution in [2.45, 2.75) is 36.4 Å². The molecule has 1 atom stereocenters. The SMILES string of the molecule is CC(C1CC1)N(C)C(=O)Cc1ccc(NS(=O)(=O)c2cccs2)cc1. The van der Waals surface area contributed by atoms with E-state index in [4.69, 9.17) is 0 Å². The fourth-order valence-corrected chi connectivity index (χ4v) is 4.79. The zero-order valence-electron chi connectivity index (χ0n) is 14.3. The monoisotopic (exact) mass is 378 g/mol. The summed E-state index contributed by atoms with van der Waals surface area (Å²) in [6.45, 7) is 2.10. The topological polar surface area (TPSA) is 66.5 Å².